The number of nitrogen functional groups attached to an aromatic ring is 1. The van der Waals surface area contributed by atoms with E-state index >= 15 is 0 Å². The normalized spacial score (nSPS) is 17.0. The Bertz CT molecular complexity index is 329. The smallest absolute Gasteiger partial charge is 0.292 e. The fourth-order valence-electron chi connectivity index (χ4n) is 1.64. The highest BCUT2D eigenvalue weighted by Gasteiger charge is 2.21. The van der Waals surface area contributed by atoms with Crippen LogP contribution >= 0.6 is 0 Å². The topological polar surface area (TPSA) is 72.4 Å². The predicted octanol–water partition coefficient (Wildman–Crippen LogP) is 0.883. The van der Waals surface area contributed by atoms with Crippen molar-refractivity contribution in [3.05, 3.63) is 11.8 Å². The van der Waals surface area contributed by atoms with E-state index in [-0.39, 0.29) is 17.5 Å². The maximum atomic E-state index is 11.7. The molecule has 0 radical (unpaired) electrons. The first-order valence-electron chi connectivity index (χ1n) is 4.79. The lowest BCUT2D eigenvalue weighted by molar-refractivity contribution is 0.0682. The zero-order valence-electron chi connectivity index (χ0n) is 7.90. The van der Waals surface area contributed by atoms with E-state index in [0.29, 0.717) is 0 Å². The lowest BCUT2D eigenvalue weighted by Gasteiger charge is -2.25. The summed E-state index contributed by atoms with van der Waals surface area (Å²) in [5.74, 6) is 0.392. The standard InChI is InChI=1S/C9H13N3O2/c10-8-6-7(14-11-8)9(13)12-4-2-1-3-5-12/h6H,1-5H2,(H2,10,11). The van der Waals surface area contributed by atoms with Crippen molar-refractivity contribution in [2.24, 2.45) is 0 Å². The first kappa shape index (κ1) is 9.05. The van der Waals surface area contributed by atoms with Crippen LogP contribution in [-0.2, 0) is 0 Å². The molecule has 5 nitrogen and oxygen atoms in total. The molecular formula is C9H13N3O2. The summed E-state index contributed by atoms with van der Waals surface area (Å²) in [6.07, 6.45) is 3.33. The number of carbonyl (C=O) groups is 1. The first-order valence-corrected chi connectivity index (χ1v) is 4.79. The van der Waals surface area contributed by atoms with Crippen LogP contribution in [0.3, 0.4) is 0 Å². The molecule has 1 aromatic rings. The van der Waals surface area contributed by atoms with Crippen molar-refractivity contribution in [1.82, 2.24) is 10.1 Å². The molecule has 76 valence electrons. The summed E-state index contributed by atoms with van der Waals surface area (Å²) in [5.41, 5.74) is 5.37. The zero-order chi connectivity index (χ0) is 9.97. The van der Waals surface area contributed by atoms with Gasteiger partial charge in [0, 0.05) is 19.2 Å². The van der Waals surface area contributed by atoms with E-state index in [1.807, 2.05) is 0 Å². The molecular weight excluding hydrogens is 182 g/mol. The van der Waals surface area contributed by atoms with Gasteiger partial charge in [0.1, 0.15) is 0 Å². The van der Waals surface area contributed by atoms with Gasteiger partial charge < -0.3 is 15.2 Å². The van der Waals surface area contributed by atoms with Gasteiger partial charge in [-0.05, 0) is 19.3 Å². The lowest BCUT2D eigenvalue weighted by atomic mass is 10.1. The SMILES string of the molecule is Nc1cc(C(=O)N2CCCCC2)on1. The van der Waals surface area contributed by atoms with E-state index in [1.165, 1.54) is 12.5 Å². The van der Waals surface area contributed by atoms with Crippen molar-refractivity contribution in [3.63, 3.8) is 0 Å². The summed E-state index contributed by atoms with van der Waals surface area (Å²) >= 11 is 0. The molecule has 2 rings (SSSR count). The van der Waals surface area contributed by atoms with Gasteiger partial charge in [-0.3, -0.25) is 4.79 Å². The number of hydrogen-bond acceptors (Lipinski definition) is 4. The summed E-state index contributed by atoms with van der Waals surface area (Å²) in [6, 6.07) is 1.47. The highest BCUT2D eigenvalue weighted by Crippen LogP contribution is 2.14. The number of aromatic nitrogens is 1. The number of hydrogen-bond donors (Lipinski definition) is 1. The second-order valence-electron chi connectivity index (χ2n) is 3.47. The Morgan fingerprint density at radius 2 is 2.14 bits per heavy atom. The molecule has 1 saturated heterocycles. The third-order valence-corrected chi connectivity index (χ3v) is 2.38. The van der Waals surface area contributed by atoms with Gasteiger partial charge in [-0.15, -0.1) is 0 Å². The van der Waals surface area contributed by atoms with Gasteiger partial charge in [0.2, 0.25) is 5.76 Å². The second kappa shape index (κ2) is 3.69. The number of likely N-dealkylation sites (tertiary alicyclic amines) is 1. The van der Waals surface area contributed by atoms with E-state index in [2.05, 4.69) is 5.16 Å². The number of anilines is 1. The molecule has 1 fully saturated rings. The number of amides is 1. The van der Waals surface area contributed by atoms with Gasteiger partial charge >= 0.3 is 0 Å². The molecule has 0 aromatic carbocycles. The number of rotatable bonds is 1. The van der Waals surface area contributed by atoms with Gasteiger partial charge in [0.25, 0.3) is 5.91 Å². The van der Waals surface area contributed by atoms with Crippen molar-refractivity contribution in [2.75, 3.05) is 18.8 Å². The van der Waals surface area contributed by atoms with Crippen LogP contribution in [0.5, 0.6) is 0 Å². The van der Waals surface area contributed by atoms with E-state index in [0.717, 1.165) is 25.9 Å². The summed E-state index contributed by atoms with van der Waals surface area (Å²) in [4.78, 5) is 13.5. The highest BCUT2D eigenvalue weighted by molar-refractivity contribution is 5.92. The predicted molar refractivity (Wildman–Crippen MR) is 50.7 cm³/mol. The van der Waals surface area contributed by atoms with E-state index < -0.39 is 0 Å². The van der Waals surface area contributed by atoms with Crippen LogP contribution in [0, 0.1) is 0 Å². The summed E-state index contributed by atoms with van der Waals surface area (Å²) in [6.45, 7) is 1.61. The number of nitrogens with two attached hydrogens (primary N) is 1. The third-order valence-electron chi connectivity index (χ3n) is 2.38. The summed E-state index contributed by atoms with van der Waals surface area (Å²) in [5, 5.41) is 3.49. The minimum atomic E-state index is -0.103. The monoisotopic (exact) mass is 195 g/mol. The fourth-order valence-corrected chi connectivity index (χ4v) is 1.64. The Morgan fingerprint density at radius 3 is 2.71 bits per heavy atom. The van der Waals surface area contributed by atoms with Crippen molar-refractivity contribution < 1.29 is 9.32 Å². The Hall–Kier alpha value is -1.52. The molecule has 1 aromatic heterocycles. The molecule has 0 spiro atoms. The highest BCUT2D eigenvalue weighted by atomic mass is 16.5. The molecule has 1 amide bonds. The van der Waals surface area contributed by atoms with Crippen molar-refractivity contribution in [2.45, 2.75) is 19.3 Å². The molecule has 2 N–H and O–H groups in total. The molecule has 0 aliphatic carbocycles. The molecule has 5 heteroatoms. The van der Waals surface area contributed by atoms with Gasteiger partial charge in [-0.2, -0.15) is 0 Å². The number of piperidine rings is 1. The molecule has 0 bridgehead atoms. The van der Waals surface area contributed by atoms with Crippen LogP contribution in [0.1, 0.15) is 29.8 Å². The van der Waals surface area contributed by atoms with Crippen molar-refractivity contribution >= 4 is 11.7 Å². The quantitative estimate of drug-likeness (QED) is 0.722. The van der Waals surface area contributed by atoms with Crippen LogP contribution in [0.2, 0.25) is 0 Å². The maximum Gasteiger partial charge on any atom is 0.292 e. The number of nitrogens with zero attached hydrogens (tertiary/aromatic N) is 2. The largest absolute Gasteiger partial charge is 0.381 e. The van der Waals surface area contributed by atoms with Crippen molar-refractivity contribution in [3.8, 4) is 0 Å². The third kappa shape index (κ3) is 1.71. The van der Waals surface area contributed by atoms with E-state index in [9.17, 15) is 4.79 Å². The minimum absolute atomic E-state index is 0.103. The van der Waals surface area contributed by atoms with Gasteiger partial charge in [0.15, 0.2) is 5.82 Å². The average Bonchev–Trinajstić information content (AvgIpc) is 2.65. The molecule has 1 aliphatic rings. The molecule has 0 atom stereocenters. The summed E-state index contributed by atoms with van der Waals surface area (Å²) in [7, 11) is 0. The van der Waals surface area contributed by atoms with Crippen LogP contribution in [0.25, 0.3) is 0 Å². The molecule has 0 unspecified atom stereocenters. The minimum Gasteiger partial charge on any atom is -0.381 e. The maximum absolute atomic E-state index is 11.7. The molecule has 2 heterocycles. The van der Waals surface area contributed by atoms with E-state index in [1.54, 1.807) is 4.90 Å². The van der Waals surface area contributed by atoms with Gasteiger partial charge in [0.05, 0.1) is 0 Å². The van der Waals surface area contributed by atoms with Crippen LogP contribution in [0.15, 0.2) is 10.6 Å². The Balaban J connectivity index is 2.07. The van der Waals surface area contributed by atoms with E-state index in [4.69, 9.17) is 10.3 Å². The number of carbonyl (C=O) groups excluding carboxylic acids is 1. The van der Waals surface area contributed by atoms with Crippen LogP contribution in [-0.4, -0.2) is 29.1 Å². The van der Waals surface area contributed by atoms with Crippen LogP contribution in [0.4, 0.5) is 5.82 Å². The fraction of sp³-hybridized carbons (Fsp3) is 0.556. The molecule has 0 saturated carbocycles. The van der Waals surface area contributed by atoms with Crippen LogP contribution < -0.4 is 5.73 Å². The lowest BCUT2D eigenvalue weighted by Crippen LogP contribution is -2.35. The first-order chi connectivity index (χ1) is 6.77. The van der Waals surface area contributed by atoms with Crippen molar-refractivity contribution in [1.29, 1.82) is 0 Å². The Labute approximate surface area is 81.8 Å². The Morgan fingerprint density at radius 1 is 1.43 bits per heavy atom. The summed E-state index contributed by atoms with van der Waals surface area (Å²) < 4.78 is 4.81. The molecule has 1 aliphatic heterocycles. The van der Waals surface area contributed by atoms with Gasteiger partial charge in [-0.25, -0.2) is 0 Å². The average molecular weight is 195 g/mol. The van der Waals surface area contributed by atoms with Gasteiger partial charge in [-0.1, -0.05) is 5.16 Å². The second-order valence-corrected chi connectivity index (χ2v) is 3.47. The zero-order valence-corrected chi connectivity index (χ0v) is 7.90. The molecule has 14 heavy (non-hydrogen) atoms. The Kier molecular flexibility index (Phi) is 2.39.